The molecule has 9 heteroatoms. The van der Waals surface area contributed by atoms with E-state index in [2.05, 4.69) is 9.97 Å². The molecule has 0 aromatic carbocycles. The minimum atomic E-state index is -0.630. The molecule has 0 atom stereocenters. The van der Waals surface area contributed by atoms with E-state index in [-0.39, 0.29) is 36.6 Å². The zero-order chi connectivity index (χ0) is 16.0. The van der Waals surface area contributed by atoms with Crippen LogP contribution in [0.5, 0.6) is 5.88 Å². The van der Waals surface area contributed by atoms with E-state index in [9.17, 15) is 14.9 Å². The number of hydrogen-bond acceptors (Lipinski definition) is 8. The van der Waals surface area contributed by atoms with Gasteiger partial charge in [-0.15, -0.1) is 0 Å². The lowest BCUT2D eigenvalue weighted by atomic mass is 10.3. The summed E-state index contributed by atoms with van der Waals surface area (Å²) in [5.41, 5.74) is -0.377. The summed E-state index contributed by atoms with van der Waals surface area (Å²) < 4.78 is 9.77. The van der Waals surface area contributed by atoms with Gasteiger partial charge in [0.1, 0.15) is 12.9 Å². The topological polar surface area (TPSA) is 108 Å². The summed E-state index contributed by atoms with van der Waals surface area (Å²) in [6.45, 7) is 5.36. The van der Waals surface area contributed by atoms with Crippen molar-refractivity contribution in [1.29, 1.82) is 0 Å². The minimum Gasteiger partial charge on any atom is -0.476 e. The Labute approximate surface area is 122 Å². The van der Waals surface area contributed by atoms with Crippen LogP contribution in [-0.4, -0.2) is 47.2 Å². The third-order valence-electron chi connectivity index (χ3n) is 2.65. The number of methoxy groups -OCH3 is 1. The Morgan fingerprint density at radius 3 is 2.62 bits per heavy atom. The Balaban J connectivity index is 3.25. The van der Waals surface area contributed by atoms with Crippen LogP contribution in [0.3, 0.4) is 0 Å². The van der Waals surface area contributed by atoms with Gasteiger partial charge in [-0.05, 0) is 20.8 Å². The molecule has 21 heavy (non-hydrogen) atoms. The van der Waals surface area contributed by atoms with E-state index in [0.29, 0.717) is 0 Å². The van der Waals surface area contributed by atoms with Crippen molar-refractivity contribution in [3.63, 3.8) is 0 Å². The second-order valence-corrected chi connectivity index (χ2v) is 4.34. The van der Waals surface area contributed by atoms with E-state index < -0.39 is 10.9 Å². The number of esters is 1. The van der Waals surface area contributed by atoms with Crippen molar-refractivity contribution in [2.75, 3.05) is 25.2 Å². The molecule has 0 N–H and O–H groups in total. The summed E-state index contributed by atoms with van der Waals surface area (Å²) in [4.78, 5) is 31.4. The minimum absolute atomic E-state index is 0.0231. The lowest BCUT2D eigenvalue weighted by molar-refractivity contribution is -0.385. The van der Waals surface area contributed by atoms with E-state index in [4.69, 9.17) is 9.47 Å². The number of nitrogens with zero attached hydrogens (tertiary/aromatic N) is 4. The highest BCUT2D eigenvalue weighted by Gasteiger charge is 2.30. The molecule has 0 bridgehead atoms. The normalized spacial score (nSPS) is 10.3. The van der Waals surface area contributed by atoms with Crippen molar-refractivity contribution in [1.82, 2.24) is 9.97 Å². The van der Waals surface area contributed by atoms with Crippen LogP contribution >= 0.6 is 0 Å². The molecule has 1 aromatic heterocycles. The first-order valence-electron chi connectivity index (χ1n) is 6.38. The first kappa shape index (κ1) is 16.6. The van der Waals surface area contributed by atoms with E-state index in [1.54, 1.807) is 20.8 Å². The highest BCUT2D eigenvalue weighted by atomic mass is 16.6. The van der Waals surface area contributed by atoms with Crippen LogP contribution in [0.1, 0.15) is 20.8 Å². The standard InChI is InChI=1S/C12H18N4O5/c1-5-21-9(17)6-15(8(2)3)11-10(16(18)19)12(20-4)14-7-13-11/h7-8H,5-6H2,1-4H3. The van der Waals surface area contributed by atoms with Crippen LogP contribution in [0.2, 0.25) is 0 Å². The predicted octanol–water partition coefficient (Wildman–Crippen LogP) is 1.17. The van der Waals surface area contributed by atoms with Crippen LogP contribution in [-0.2, 0) is 9.53 Å². The van der Waals surface area contributed by atoms with Crippen molar-refractivity contribution < 1.29 is 19.2 Å². The first-order valence-corrected chi connectivity index (χ1v) is 6.38. The number of carbonyl (C=O) groups excluding carboxylic acids is 1. The fourth-order valence-electron chi connectivity index (χ4n) is 1.72. The molecule has 0 amide bonds. The van der Waals surface area contributed by atoms with E-state index in [1.807, 2.05) is 0 Å². The number of carbonyl (C=O) groups is 1. The van der Waals surface area contributed by atoms with Crippen LogP contribution in [0, 0.1) is 10.1 Å². The molecule has 0 radical (unpaired) electrons. The second kappa shape index (κ2) is 7.36. The van der Waals surface area contributed by atoms with Crippen molar-refractivity contribution >= 4 is 17.5 Å². The Hall–Kier alpha value is -2.45. The Kier molecular flexibility index (Phi) is 5.82. The Morgan fingerprint density at radius 2 is 2.14 bits per heavy atom. The van der Waals surface area contributed by atoms with Crippen molar-refractivity contribution in [3.8, 4) is 5.88 Å². The third-order valence-corrected chi connectivity index (χ3v) is 2.65. The van der Waals surface area contributed by atoms with E-state index in [1.165, 1.54) is 12.0 Å². The molecule has 0 saturated carbocycles. The quantitative estimate of drug-likeness (QED) is 0.419. The molecule has 0 aliphatic carbocycles. The maximum absolute atomic E-state index is 11.7. The maximum atomic E-state index is 11.7. The van der Waals surface area contributed by atoms with Crippen LogP contribution in [0.4, 0.5) is 11.5 Å². The SMILES string of the molecule is CCOC(=O)CN(c1ncnc(OC)c1[N+](=O)[O-])C(C)C. The smallest absolute Gasteiger partial charge is 0.372 e. The number of rotatable bonds is 7. The number of hydrogen-bond donors (Lipinski definition) is 0. The molecule has 9 nitrogen and oxygen atoms in total. The molecule has 1 rings (SSSR count). The number of nitro groups is 1. The predicted molar refractivity (Wildman–Crippen MR) is 74.4 cm³/mol. The molecule has 0 fully saturated rings. The molecule has 1 aromatic rings. The van der Waals surface area contributed by atoms with Crippen LogP contribution < -0.4 is 9.64 Å². The van der Waals surface area contributed by atoms with Gasteiger partial charge in [0, 0.05) is 6.04 Å². The maximum Gasteiger partial charge on any atom is 0.372 e. The van der Waals surface area contributed by atoms with Crippen LogP contribution in [0.25, 0.3) is 0 Å². The van der Waals surface area contributed by atoms with Gasteiger partial charge in [0.2, 0.25) is 5.82 Å². The molecule has 0 aliphatic heterocycles. The third kappa shape index (κ3) is 4.01. The summed E-state index contributed by atoms with van der Waals surface area (Å²) in [6.07, 6.45) is 1.15. The molecule has 0 unspecified atom stereocenters. The van der Waals surface area contributed by atoms with Gasteiger partial charge in [-0.25, -0.2) is 4.98 Å². The van der Waals surface area contributed by atoms with Gasteiger partial charge >= 0.3 is 11.7 Å². The summed E-state index contributed by atoms with van der Waals surface area (Å²) >= 11 is 0. The molecule has 116 valence electrons. The number of anilines is 1. The molecular formula is C12H18N4O5. The fraction of sp³-hybridized carbons (Fsp3) is 0.583. The molecule has 0 aliphatic rings. The Bertz CT molecular complexity index is 520. The van der Waals surface area contributed by atoms with E-state index >= 15 is 0 Å². The van der Waals surface area contributed by atoms with Crippen molar-refractivity contribution in [2.24, 2.45) is 0 Å². The lowest BCUT2D eigenvalue weighted by Crippen LogP contribution is -2.37. The van der Waals surface area contributed by atoms with Crippen molar-refractivity contribution in [2.45, 2.75) is 26.8 Å². The average molecular weight is 298 g/mol. The van der Waals surface area contributed by atoms with Gasteiger partial charge in [-0.2, -0.15) is 4.98 Å². The van der Waals surface area contributed by atoms with Gasteiger partial charge in [0.25, 0.3) is 5.88 Å². The largest absolute Gasteiger partial charge is 0.476 e. The fourth-order valence-corrected chi connectivity index (χ4v) is 1.72. The number of ether oxygens (including phenoxy) is 2. The molecule has 1 heterocycles. The molecule has 0 saturated heterocycles. The summed E-state index contributed by atoms with van der Waals surface area (Å²) in [5, 5.41) is 11.2. The Morgan fingerprint density at radius 1 is 1.48 bits per heavy atom. The molecule has 0 spiro atoms. The monoisotopic (exact) mass is 298 g/mol. The van der Waals surface area contributed by atoms with E-state index in [0.717, 1.165) is 6.33 Å². The molecular weight excluding hydrogens is 280 g/mol. The van der Waals surface area contributed by atoms with Crippen LogP contribution in [0.15, 0.2) is 6.33 Å². The highest BCUT2D eigenvalue weighted by molar-refractivity contribution is 5.77. The highest BCUT2D eigenvalue weighted by Crippen LogP contribution is 2.33. The van der Waals surface area contributed by atoms with Crippen molar-refractivity contribution in [3.05, 3.63) is 16.4 Å². The first-order chi connectivity index (χ1) is 9.92. The van der Waals surface area contributed by atoms with Gasteiger partial charge in [-0.3, -0.25) is 14.9 Å². The van der Waals surface area contributed by atoms with Gasteiger partial charge in [0.05, 0.1) is 18.6 Å². The van der Waals surface area contributed by atoms with Gasteiger partial charge < -0.3 is 14.4 Å². The zero-order valence-electron chi connectivity index (χ0n) is 12.4. The van der Waals surface area contributed by atoms with Gasteiger partial charge in [0.15, 0.2) is 0 Å². The van der Waals surface area contributed by atoms with Gasteiger partial charge in [-0.1, -0.05) is 0 Å². The summed E-state index contributed by atoms with van der Waals surface area (Å²) in [5.74, 6) is -0.618. The summed E-state index contributed by atoms with van der Waals surface area (Å²) in [6, 6.07) is -0.201. The average Bonchev–Trinajstić information content (AvgIpc) is 2.43. The summed E-state index contributed by atoms with van der Waals surface area (Å²) in [7, 11) is 1.28. The second-order valence-electron chi connectivity index (χ2n) is 4.34. The number of aromatic nitrogens is 2. The zero-order valence-corrected chi connectivity index (χ0v) is 12.4. The lowest BCUT2D eigenvalue weighted by Gasteiger charge is -2.26.